The molecule has 0 radical (unpaired) electrons. The van der Waals surface area contributed by atoms with Crippen molar-refractivity contribution in [1.82, 2.24) is 10.6 Å². The second-order valence-corrected chi connectivity index (χ2v) is 11.1. The highest BCUT2D eigenvalue weighted by molar-refractivity contribution is 5.86. The summed E-state index contributed by atoms with van der Waals surface area (Å²) in [5.74, 6) is -0.962. The fourth-order valence-electron chi connectivity index (χ4n) is 4.97. The highest BCUT2D eigenvalue weighted by Gasteiger charge is 2.26. The van der Waals surface area contributed by atoms with E-state index in [4.69, 9.17) is 9.47 Å². The summed E-state index contributed by atoms with van der Waals surface area (Å²) in [6.07, 6.45) is 0.157. The molecule has 0 fully saturated rings. The lowest BCUT2D eigenvalue weighted by atomic mass is 9.92. The van der Waals surface area contributed by atoms with Crippen molar-refractivity contribution >= 4 is 29.2 Å². The molecule has 3 aromatic carbocycles. The number of anilines is 2. The number of carboxylic acids is 1. The van der Waals surface area contributed by atoms with Gasteiger partial charge in [-0.3, -0.25) is 14.4 Å². The predicted molar refractivity (Wildman–Crippen MR) is 165 cm³/mol. The normalized spacial score (nSPS) is 13.2. The Labute approximate surface area is 252 Å². The number of carbonyl (C=O) groups is 3. The number of fused-ring (bicyclic) bond motifs is 1. The number of para-hydroxylation sites is 1. The molecule has 2 atom stereocenters. The fraction of sp³-hybridized carbons (Fsp3) is 0.364. The molecule has 0 spiro atoms. The minimum Gasteiger partial charge on any atom is -0.481 e. The molecule has 1 aliphatic heterocycles. The highest BCUT2D eigenvalue weighted by atomic mass is 16.7. The van der Waals surface area contributed by atoms with Gasteiger partial charge in [0.2, 0.25) is 18.6 Å². The molecule has 228 valence electrons. The van der Waals surface area contributed by atoms with Crippen LogP contribution >= 0.6 is 0 Å². The van der Waals surface area contributed by atoms with Gasteiger partial charge in [-0.05, 0) is 66.3 Å². The number of hydrogen-bond donors (Lipinski definition) is 5. The van der Waals surface area contributed by atoms with Gasteiger partial charge in [0.25, 0.3) is 0 Å². The van der Waals surface area contributed by atoms with E-state index >= 15 is 0 Å². The third-order valence-electron chi connectivity index (χ3n) is 7.21. The molecule has 0 saturated heterocycles. The van der Waals surface area contributed by atoms with Gasteiger partial charge >= 0.3 is 5.97 Å². The van der Waals surface area contributed by atoms with Crippen LogP contribution in [0.5, 0.6) is 11.5 Å². The zero-order chi connectivity index (χ0) is 30.8. The molecule has 0 aromatic heterocycles. The van der Waals surface area contributed by atoms with Gasteiger partial charge in [-0.15, -0.1) is 0 Å². The first-order valence-corrected chi connectivity index (χ1v) is 14.5. The fourth-order valence-corrected chi connectivity index (χ4v) is 4.97. The van der Waals surface area contributed by atoms with E-state index in [0.717, 1.165) is 16.9 Å². The summed E-state index contributed by atoms with van der Waals surface area (Å²) < 4.78 is 10.7. The summed E-state index contributed by atoms with van der Waals surface area (Å²) in [6, 6.07) is 20.2. The average Bonchev–Trinajstić information content (AvgIpc) is 3.44. The van der Waals surface area contributed by atoms with Crippen molar-refractivity contribution in [1.29, 1.82) is 0 Å². The maximum Gasteiger partial charge on any atom is 0.305 e. The molecule has 3 aromatic rings. The molecule has 0 bridgehead atoms. The summed E-state index contributed by atoms with van der Waals surface area (Å²) in [7, 11) is 0. The van der Waals surface area contributed by atoms with Crippen LogP contribution in [0.3, 0.4) is 0 Å². The zero-order valence-corrected chi connectivity index (χ0v) is 24.8. The minimum absolute atomic E-state index is 0.0541. The Kier molecular flexibility index (Phi) is 10.9. The molecular formula is C33H40N4O6. The van der Waals surface area contributed by atoms with E-state index in [-0.39, 0.29) is 37.4 Å². The van der Waals surface area contributed by atoms with Gasteiger partial charge in [-0.2, -0.15) is 0 Å². The van der Waals surface area contributed by atoms with E-state index in [1.165, 1.54) is 5.56 Å². The Morgan fingerprint density at radius 3 is 2.37 bits per heavy atom. The van der Waals surface area contributed by atoms with Crippen molar-refractivity contribution in [3.63, 3.8) is 0 Å². The van der Waals surface area contributed by atoms with Gasteiger partial charge < -0.3 is 35.8 Å². The number of nitrogens with one attached hydrogen (secondary N) is 4. The lowest BCUT2D eigenvalue weighted by molar-refractivity contribution is -0.138. The Morgan fingerprint density at radius 2 is 1.65 bits per heavy atom. The van der Waals surface area contributed by atoms with Crippen LogP contribution in [0.4, 0.5) is 11.4 Å². The monoisotopic (exact) mass is 588 g/mol. The first-order valence-electron chi connectivity index (χ1n) is 14.5. The second-order valence-electron chi connectivity index (χ2n) is 11.1. The molecule has 4 rings (SSSR count). The maximum absolute atomic E-state index is 13.2. The van der Waals surface area contributed by atoms with Crippen molar-refractivity contribution < 1.29 is 29.0 Å². The Morgan fingerprint density at radius 1 is 0.907 bits per heavy atom. The van der Waals surface area contributed by atoms with Gasteiger partial charge in [-0.1, -0.05) is 50.2 Å². The van der Waals surface area contributed by atoms with Crippen LogP contribution < -0.4 is 30.7 Å². The predicted octanol–water partition coefficient (Wildman–Crippen LogP) is 5.21. The summed E-state index contributed by atoms with van der Waals surface area (Å²) in [4.78, 5) is 37.8. The van der Waals surface area contributed by atoms with E-state index in [0.29, 0.717) is 36.7 Å². The molecule has 2 amide bonds. The SMILES string of the molecule is Cc1ccccc1NCNc1ccc(CNC(=O)C(CC(=O)NC(CC(=O)O)c2ccc3c(c2)OCO3)CC(C)C)cc1. The van der Waals surface area contributed by atoms with E-state index in [9.17, 15) is 19.5 Å². The van der Waals surface area contributed by atoms with E-state index in [1.807, 2.05) is 56.3 Å². The largest absolute Gasteiger partial charge is 0.481 e. The minimum atomic E-state index is -1.05. The number of carbonyl (C=O) groups excluding carboxylic acids is 2. The molecule has 1 aliphatic rings. The quantitative estimate of drug-likeness (QED) is 0.153. The first-order chi connectivity index (χ1) is 20.7. The molecule has 0 saturated carbocycles. The smallest absolute Gasteiger partial charge is 0.305 e. The zero-order valence-electron chi connectivity index (χ0n) is 24.8. The standard InChI is InChI=1S/C33H40N4O6/c1-21(2)14-25(16-31(38)37-28(17-32(39)40)24-10-13-29-30(15-24)43-20-42-29)33(41)34-18-23-8-11-26(12-9-23)35-19-36-27-7-5-4-6-22(27)3/h4-13,15,21,25,28,35-36H,14,16-20H2,1-3H3,(H,34,41)(H,37,38)(H,39,40). The number of aliphatic carboxylic acids is 1. The van der Waals surface area contributed by atoms with Crippen LogP contribution in [0.1, 0.15) is 55.8 Å². The van der Waals surface area contributed by atoms with Crippen LogP contribution in [0, 0.1) is 18.8 Å². The molecule has 0 aliphatic carbocycles. The van der Waals surface area contributed by atoms with Gasteiger partial charge in [0.15, 0.2) is 11.5 Å². The van der Waals surface area contributed by atoms with Gasteiger partial charge in [0.1, 0.15) is 0 Å². The molecule has 1 heterocycles. The van der Waals surface area contributed by atoms with Crippen LogP contribution in [0.2, 0.25) is 0 Å². The van der Waals surface area contributed by atoms with Crippen LogP contribution in [0.15, 0.2) is 66.7 Å². The lowest BCUT2D eigenvalue weighted by Gasteiger charge is -2.22. The molecular weight excluding hydrogens is 548 g/mol. The van der Waals surface area contributed by atoms with Gasteiger partial charge in [0, 0.05) is 30.3 Å². The second kappa shape index (κ2) is 14.9. The van der Waals surface area contributed by atoms with E-state index in [1.54, 1.807) is 18.2 Å². The number of ether oxygens (including phenoxy) is 2. The Bertz CT molecular complexity index is 1410. The number of carboxylic acid groups (broad SMARTS) is 1. The lowest BCUT2D eigenvalue weighted by Crippen LogP contribution is -2.37. The Hall–Kier alpha value is -4.73. The molecule has 5 N–H and O–H groups in total. The highest BCUT2D eigenvalue weighted by Crippen LogP contribution is 2.35. The summed E-state index contributed by atoms with van der Waals surface area (Å²) in [5.41, 5.74) is 4.72. The average molecular weight is 589 g/mol. The number of hydrogen-bond acceptors (Lipinski definition) is 7. The van der Waals surface area contributed by atoms with Crippen LogP contribution in [0.25, 0.3) is 0 Å². The van der Waals surface area contributed by atoms with Crippen LogP contribution in [-0.4, -0.2) is 36.4 Å². The summed E-state index contributed by atoms with van der Waals surface area (Å²) in [5, 5.41) is 21.9. The molecule has 10 heteroatoms. The maximum atomic E-state index is 13.2. The van der Waals surface area contributed by atoms with Crippen molar-refractivity contribution in [3.8, 4) is 11.5 Å². The summed E-state index contributed by atoms with van der Waals surface area (Å²) >= 11 is 0. The third-order valence-corrected chi connectivity index (χ3v) is 7.21. The van der Waals surface area contributed by atoms with Crippen LogP contribution in [-0.2, 0) is 20.9 Å². The number of benzene rings is 3. The molecule has 43 heavy (non-hydrogen) atoms. The van der Waals surface area contributed by atoms with Crippen molar-refractivity contribution in [2.45, 2.75) is 52.6 Å². The number of aryl methyl sites for hydroxylation is 1. The van der Waals surface area contributed by atoms with Gasteiger partial charge in [0.05, 0.1) is 19.1 Å². The topological polar surface area (TPSA) is 138 Å². The van der Waals surface area contributed by atoms with E-state index in [2.05, 4.69) is 34.3 Å². The van der Waals surface area contributed by atoms with Gasteiger partial charge in [-0.25, -0.2) is 0 Å². The van der Waals surface area contributed by atoms with Crippen molar-refractivity contribution in [3.05, 3.63) is 83.4 Å². The number of amides is 2. The van der Waals surface area contributed by atoms with Crippen molar-refractivity contribution in [2.75, 3.05) is 24.1 Å². The van der Waals surface area contributed by atoms with Crippen molar-refractivity contribution in [2.24, 2.45) is 11.8 Å². The molecule has 2 unspecified atom stereocenters. The number of rotatable bonds is 15. The Balaban J connectivity index is 1.30. The van der Waals surface area contributed by atoms with E-state index < -0.39 is 17.9 Å². The third kappa shape index (κ3) is 9.39. The molecule has 10 nitrogen and oxygen atoms in total. The first kappa shape index (κ1) is 31.2. The summed E-state index contributed by atoms with van der Waals surface area (Å²) in [6.45, 7) is 7.04.